The summed E-state index contributed by atoms with van der Waals surface area (Å²) < 4.78 is 1.31. The van der Waals surface area contributed by atoms with Crippen molar-refractivity contribution in [2.45, 2.75) is 27.3 Å². The zero-order valence-electron chi connectivity index (χ0n) is 17.4. The quantitative estimate of drug-likeness (QED) is 0.691. The third-order valence-electron chi connectivity index (χ3n) is 4.66. The minimum Gasteiger partial charge on any atom is -0.363 e. The third-order valence-corrected chi connectivity index (χ3v) is 5.84. The second kappa shape index (κ2) is 8.12. The van der Waals surface area contributed by atoms with Crippen LogP contribution >= 0.6 is 11.3 Å². The molecule has 3 rings (SSSR count). The van der Waals surface area contributed by atoms with Crippen molar-refractivity contribution in [2.75, 3.05) is 19.0 Å². The third kappa shape index (κ3) is 4.19. The Bertz CT molecular complexity index is 1130. The van der Waals surface area contributed by atoms with Crippen LogP contribution in [0.4, 0.5) is 5.82 Å². The largest absolute Gasteiger partial charge is 0.363 e. The van der Waals surface area contributed by atoms with Crippen molar-refractivity contribution in [1.82, 2.24) is 25.1 Å². The van der Waals surface area contributed by atoms with Crippen molar-refractivity contribution in [3.05, 3.63) is 56.1 Å². The Balaban J connectivity index is 1.85. The van der Waals surface area contributed by atoms with Crippen LogP contribution in [0.5, 0.6) is 0 Å². The molecule has 0 aliphatic rings. The normalized spacial score (nSPS) is 10.8. The Morgan fingerprint density at radius 1 is 1.24 bits per heavy atom. The van der Waals surface area contributed by atoms with E-state index in [0.717, 1.165) is 22.6 Å². The summed E-state index contributed by atoms with van der Waals surface area (Å²) in [5, 5.41) is 7.66. The fourth-order valence-corrected chi connectivity index (χ4v) is 3.97. The molecular weight excluding hydrogens is 388 g/mol. The number of pyridine rings is 1. The van der Waals surface area contributed by atoms with Crippen molar-refractivity contribution in [1.29, 1.82) is 0 Å². The lowest BCUT2D eigenvalue weighted by Crippen LogP contribution is -2.23. The molecule has 1 N–H and O–H groups in total. The van der Waals surface area contributed by atoms with Crippen LogP contribution in [0.25, 0.3) is 10.6 Å². The highest BCUT2D eigenvalue weighted by Gasteiger charge is 2.21. The van der Waals surface area contributed by atoms with Crippen LogP contribution in [-0.4, -0.2) is 39.8 Å². The van der Waals surface area contributed by atoms with Gasteiger partial charge in [0.1, 0.15) is 15.7 Å². The monoisotopic (exact) mass is 412 g/mol. The van der Waals surface area contributed by atoms with Gasteiger partial charge in [0.2, 0.25) is 0 Å². The van der Waals surface area contributed by atoms with E-state index in [1.54, 1.807) is 20.2 Å². The molecule has 9 heteroatoms. The van der Waals surface area contributed by atoms with Crippen LogP contribution in [0.3, 0.4) is 0 Å². The second-order valence-corrected chi connectivity index (χ2v) is 8.05. The lowest BCUT2D eigenvalue weighted by Gasteiger charge is -2.12. The molecule has 3 aromatic rings. The molecular formula is C20H24N6O2S. The summed E-state index contributed by atoms with van der Waals surface area (Å²) in [4.78, 5) is 36.5. The number of amides is 1. The standard InChI is InChI=1S/C20H24N6O2S/c1-11-12(2)24-26(6)20(28)16(11)19-23-13(3)17(29-19)18(27)22-10-14-7-8-21-15(9-14)25(4)5/h7-9H,10H2,1-6H3,(H,22,27). The molecule has 1 amide bonds. The number of anilines is 1. The minimum atomic E-state index is -0.221. The van der Waals surface area contributed by atoms with Gasteiger partial charge in [0.05, 0.1) is 17.0 Å². The number of hydrogen-bond acceptors (Lipinski definition) is 7. The number of aryl methyl sites for hydroxylation is 3. The average molecular weight is 413 g/mol. The van der Waals surface area contributed by atoms with Crippen LogP contribution in [-0.2, 0) is 13.6 Å². The van der Waals surface area contributed by atoms with Gasteiger partial charge in [-0.2, -0.15) is 5.10 Å². The topological polar surface area (TPSA) is 93.0 Å². The average Bonchev–Trinajstić information content (AvgIpc) is 3.06. The van der Waals surface area contributed by atoms with Gasteiger partial charge in [-0.15, -0.1) is 11.3 Å². The Kier molecular flexibility index (Phi) is 5.78. The molecule has 0 fully saturated rings. The summed E-state index contributed by atoms with van der Waals surface area (Å²) in [6.45, 7) is 5.85. The number of aromatic nitrogens is 4. The maximum absolute atomic E-state index is 12.7. The van der Waals surface area contributed by atoms with Gasteiger partial charge < -0.3 is 10.2 Å². The van der Waals surface area contributed by atoms with Gasteiger partial charge in [0.25, 0.3) is 11.5 Å². The van der Waals surface area contributed by atoms with Crippen LogP contribution in [0.1, 0.15) is 32.2 Å². The molecule has 0 aliphatic heterocycles. The number of carbonyl (C=O) groups is 1. The number of thiazole rings is 1. The molecule has 0 saturated carbocycles. The Morgan fingerprint density at radius 2 is 1.97 bits per heavy atom. The van der Waals surface area contributed by atoms with Gasteiger partial charge in [0.15, 0.2) is 0 Å². The Labute approximate surface area is 173 Å². The highest BCUT2D eigenvalue weighted by atomic mass is 32.1. The molecule has 29 heavy (non-hydrogen) atoms. The molecule has 0 bridgehead atoms. The van der Waals surface area contributed by atoms with Crippen molar-refractivity contribution < 1.29 is 4.79 Å². The SMILES string of the molecule is Cc1nc(-c2c(C)c(C)nn(C)c2=O)sc1C(=O)NCc1ccnc(N(C)C)c1. The van der Waals surface area contributed by atoms with Gasteiger partial charge in [-0.05, 0) is 44.0 Å². The maximum Gasteiger partial charge on any atom is 0.277 e. The molecule has 0 radical (unpaired) electrons. The van der Waals surface area contributed by atoms with Gasteiger partial charge in [-0.25, -0.2) is 14.6 Å². The van der Waals surface area contributed by atoms with Crippen LogP contribution in [0, 0.1) is 20.8 Å². The van der Waals surface area contributed by atoms with E-state index in [1.807, 2.05) is 45.0 Å². The first kappa shape index (κ1) is 20.7. The molecule has 0 unspecified atom stereocenters. The summed E-state index contributed by atoms with van der Waals surface area (Å²) in [6, 6.07) is 3.79. The summed E-state index contributed by atoms with van der Waals surface area (Å²) in [5.41, 5.74) is 3.37. The van der Waals surface area contributed by atoms with E-state index >= 15 is 0 Å². The molecule has 8 nitrogen and oxygen atoms in total. The van der Waals surface area contributed by atoms with Gasteiger partial charge in [-0.3, -0.25) is 9.59 Å². The molecule has 152 valence electrons. The van der Waals surface area contributed by atoms with E-state index in [1.165, 1.54) is 16.0 Å². The van der Waals surface area contributed by atoms with Crippen LogP contribution < -0.4 is 15.8 Å². The summed E-state index contributed by atoms with van der Waals surface area (Å²) in [7, 11) is 5.45. The van der Waals surface area contributed by atoms with Crippen molar-refractivity contribution in [2.24, 2.45) is 7.05 Å². The summed E-state index contributed by atoms with van der Waals surface area (Å²) in [6.07, 6.45) is 1.72. The predicted octanol–water partition coefficient (Wildman–Crippen LogP) is 2.22. The van der Waals surface area contributed by atoms with Gasteiger partial charge in [0, 0.05) is 33.9 Å². The first-order valence-corrected chi connectivity index (χ1v) is 9.93. The molecule has 0 aliphatic carbocycles. The molecule has 0 spiro atoms. The number of nitrogens with one attached hydrogen (secondary N) is 1. The van der Waals surface area contributed by atoms with E-state index in [2.05, 4.69) is 20.4 Å². The first-order chi connectivity index (χ1) is 13.7. The van der Waals surface area contributed by atoms with Gasteiger partial charge >= 0.3 is 0 Å². The molecule has 3 aromatic heterocycles. The molecule has 0 aromatic carbocycles. The van der Waals surface area contributed by atoms with Crippen molar-refractivity contribution >= 4 is 23.1 Å². The van der Waals surface area contributed by atoms with Gasteiger partial charge in [-0.1, -0.05) is 0 Å². The molecule has 0 saturated heterocycles. The number of nitrogens with zero attached hydrogens (tertiary/aromatic N) is 5. The van der Waals surface area contributed by atoms with E-state index in [-0.39, 0.29) is 11.5 Å². The van der Waals surface area contributed by atoms with E-state index in [9.17, 15) is 9.59 Å². The minimum absolute atomic E-state index is 0.213. The van der Waals surface area contributed by atoms with E-state index in [4.69, 9.17) is 0 Å². The number of rotatable bonds is 5. The van der Waals surface area contributed by atoms with Crippen molar-refractivity contribution in [3.8, 4) is 10.6 Å². The molecule has 0 atom stereocenters. The van der Waals surface area contributed by atoms with Crippen LogP contribution in [0.15, 0.2) is 23.1 Å². The fourth-order valence-electron chi connectivity index (χ4n) is 2.89. The summed E-state index contributed by atoms with van der Waals surface area (Å²) >= 11 is 1.22. The first-order valence-electron chi connectivity index (χ1n) is 9.11. The lowest BCUT2D eigenvalue weighted by molar-refractivity contribution is 0.0954. The van der Waals surface area contributed by atoms with E-state index < -0.39 is 0 Å². The zero-order chi connectivity index (χ0) is 21.3. The van der Waals surface area contributed by atoms with Crippen molar-refractivity contribution in [3.63, 3.8) is 0 Å². The zero-order valence-corrected chi connectivity index (χ0v) is 18.2. The Hall–Kier alpha value is -3.07. The second-order valence-electron chi connectivity index (χ2n) is 7.05. The fraction of sp³-hybridized carbons (Fsp3) is 0.350. The smallest absolute Gasteiger partial charge is 0.277 e. The van der Waals surface area contributed by atoms with Crippen LogP contribution in [0.2, 0.25) is 0 Å². The molecule has 3 heterocycles. The van der Waals surface area contributed by atoms with E-state index in [0.29, 0.717) is 27.7 Å². The number of hydrogen-bond donors (Lipinski definition) is 1. The lowest BCUT2D eigenvalue weighted by atomic mass is 10.1. The summed E-state index contributed by atoms with van der Waals surface area (Å²) in [5.74, 6) is 0.613. The maximum atomic E-state index is 12.7. The predicted molar refractivity (Wildman–Crippen MR) is 115 cm³/mol. The highest BCUT2D eigenvalue weighted by molar-refractivity contribution is 7.17. The number of carbonyl (C=O) groups excluding carboxylic acids is 1. The highest BCUT2D eigenvalue weighted by Crippen LogP contribution is 2.28. The Morgan fingerprint density at radius 3 is 2.66 bits per heavy atom.